The van der Waals surface area contributed by atoms with Crippen molar-refractivity contribution < 1.29 is 17.2 Å². The molecule has 0 atom stereocenters. The highest BCUT2D eigenvalue weighted by molar-refractivity contribution is 7.89. The molecular formula is C14H13F2NO2S. The molecule has 0 saturated carbocycles. The Morgan fingerprint density at radius 1 is 1.00 bits per heavy atom. The summed E-state index contributed by atoms with van der Waals surface area (Å²) in [5.74, 6) is -0.869. The standard InChI is InChI=1S/C14H13F2NO2S/c1-10-8-13(16)6-7-14(10)20(18,19)17-9-11-2-4-12(15)5-3-11/h2-8,17H,9H2,1H3. The van der Waals surface area contributed by atoms with Gasteiger partial charge < -0.3 is 0 Å². The first kappa shape index (κ1) is 14.6. The van der Waals surface area contributed by atoms with E-state index in [2.05, 4.69) is 4.72 Å². The predicted octanol–water partition coefficient (Wildman–Crippen LogP) is 2.75. The van der Waals surface area contributed by atoms with Crippen molar-refractivity contribution in [2.24, 2.45) is 0 Å². The number of nitrogens with one attached hydrogen (secondary N) is 1. The van der Waals surface area contributed by atoms with Crippen LogP contribution in [0.5, 0.6) is 0 Å². The van der Waals surface area contributed by atoms with E-state index < -0.39 is 15.8 Å². The number of sulfonamides is 1. The fraction of sp³-hybridized carbons (Fsp3) is 0.143. The van der Waals surface area contributed by atoms with Crippen molar-refractivity contribution in [2.45, 2.75) is 18.4 Å². The van der Waals surface area contributed by atoms with Gasteiger partial charge in [-0.15, -0.1) is 0 Å². The Morgan fingerprint density at radius 2 is 1.60 bits per heavy atom. The SMILES string of the molecule is Cc1cc(F)ccc1S(=O)(=O)NCc1ccc(F)cc1. The molecule has 106 valence electrons. The lowest BCUT2D eigenvalue weighted by Gasteiger charge is -2.09. The maximum Gasteiger partial charge on any atom is 0.241 e. The third kappa shape index (κ3) is 3.40. The van der Waals surface area contributed by atoms with Crippen molar-refractivity contribution in [3.63, 3.8) is 0 Å². The van der Waals surface area contributed by atoms with Gasteiger partial charge in [0.05, 0.1) is 4.90 Å². The molecule has 1 N–H and O–H groups in total. The van der Waals surface area contributed by atoms with Gasteiger partial charge in [-0.25, -0.2) is 21.9 Å². The van der Waals surface area contributed by atoms with E-state index in [1.165, 1.54) is 37.3 Å². The molecule has 0 bridgehead atoms. The molecule has 2 rings (SSSR count). The van der Waals surface area contributed by atoms with Crippen LogP contribution in [-0.4, -0.2) is 8.42 Å². The van der Waals surface area contributed by atoms with Crippen LogP contribution in [0.3, 0.4) is 0 Å². The lowest BCUT2D eigenvalue weighted by Crippen LogP contribution is -2.24. The zero-order chi connectivity index (χ0) is 14.8. The second kappa shape index (κ2) is 5.68. The van der Waals surface area contributed by atoms with Crippen molar-refractivity contribution in [1.29, 1.82) is 0 Å². The summed E-state index contributed by atoms with van der Waals surface area (Å²) in [6.45, 7) is 1.56. The van der Waals surface area contributed by atoms with E-state index in [1.807, 2.05) is 0 Å². The van der Waals surface area contributed by atoms with Crippen LogP contribution in [0.1, 0.15) is 11.1 Å². The molecule has 0 heterocycles. The number of hydrogen-bond donors (Lipinski definition) is 1. The van der Waals surface area contributed by atoms with Gasteiger partial charge in [0, 0.05) is 6.54 Å². The van der Waals surface area contributed by atoms with Crippen molar-refractivity contribution in [2.75, 3.05) is 0 Å². The monoisotopic (exact) mass is 297 g/mol. The third-order valence-corrected chi connectivity index (χ3v) is 4.37. The summed E-state index contributed by atoms with van der Waals surface area (Å²) in [5.41, 5.74) is 0.964. The fourth-order valence-electron chi connectivity index (χ4n) is 1.77. The second-order valence-corrected chi connectivity index (χ2v) is 6.10. The molecule has 0 amide bonds. The van der Waals surface area contributed by atoms with E-state index in [0.29, 0.717) is 11.1 Å². The van der Waals surface area contributed by atoms with E-state index >= 15 is 0 Å². The van der Waals surface area contributed by atoms with E-state index in [9.17, 15) is 17.2 Å². The zero-order valence-corrected chi connectivity index (χ0v) is 11.5. The summed E-state index contributed by atoms with van der Waals surface area (Å²) >= 11 is 0. The molecule has 0 unspecified atom stereocenters. The highest BCUT2D eigenvalue weighted by Gasteiger charge is 2.16. The van der Waals surface area contributed by atoms with Crippen LogP contribution in [0.4, 0.5) is 8.78 Å². The lowest BCUT2D eigenvalue weighted by atomic mass is 10.2. The lowest BCUT2D eigenvalue weighted by molar-refractivity contribution is 0.579. The average molecular weight is 297 g/mol. The first-order valence-corrected chi connectivity index (χ1v) is 7.37. The molecule has 20 heavy (non-hydrogen) atoms. The maximum atomic E-state index is 13.0. The largest absolute Gasteiger partial charge is 0.241 e. The Balaban J connectivity index is 2.17. The Bertz CT molecular complexity index is 712. The van der Waals surface area contributed by atoms with Crippen molar-refractivity contribution >= 4 is 10.0 Å². The molecular weight excluding hydrogens is 284 g/mol. The second-order valence-electron chi connectivity index (χ2n) is 4.36. The van der Waals surface area contributed by atoms with Crippen LogP contribution in [0.15, 0.2) is 47.4 Å². The van der Waals surface area contributed by atoms with Gasteiger partial charge in [-0.1, -0.05) is 12.1 Å². The van der Waals surface area contributed by atoms with E-state index in [0.717, 1.165) is 12.1 Å². The number of aryl methyl sites for hydroxylation is 1. The highest BCUT2D eigenvalue weighted by Crippen LogP contribution is 2.16. The Labute approximate surface area is 116 Å². The van der Waals surface area contributed by atoms with Crippen LogP contribution in [0, 0.1) is 18.6 Å². The van der Waals surface area contributed by atoms with Gasteiger partial charge in [-0.05, 0) is 48.4 Å². The summed E-state index contributed by atoms with van der Waals surface area (Å²) in [6.07, 6.45) is 0. The van der Waals surface area contributed by atoms with Crippen LogP contribution in [0.25, 0.3) is 0 Å². The Hall–Kier alpha value is -1.79. The topological polar surface area (TPSA) is 46.2 Å². The molecule has 0 aliphatic rings. The van der Waals surface area contributed by atoms with Gasteiger partial charge >= 0.3 is 0 Å². The smallest absolute Gasteiger partial charge is 0.207 e. The summed E-state index contributed by atoms with van der Waals surface area (Å²) in [7, 11) is -3.73. The molecule has 3 nitrogen and oxygen atoms in total. The first-order valence-electron chi connectivity index (χ1n) is 5.89. The summed E-state index contributed by atoms with van der Waals surface area (Å²) in [4.78, 5) is 0.0287. The zero-order valence-electron chi connectivity index (χ0n) is 10.7. The highest BCUT2D eigenvalue weighted by atomic mass is 32.2. The first-order chi connectivity index (χ1) is 9.38. The van der Waals surface area contributed by atoms with E-state index in [1.54, 1.807) is 0 Å². The van der Waals surface area contributed by atoms with Crippen LogP contribution in [0.2, 0.25) is 0 Å². The number of rotatable bonds is 4. The molecule has 0 saturated heterocycles. The van der Waals surface area contributed by atoms with Gasteiger partial charge in [0.1, 0.15) is 11.6 Å². The van der Waals surface area contributed by atoms with Crippen LogP contribution < -0.4 is 4.72 Å². The van der Waals surface area contributed by atoms with Crippen LogP contribution >= 0.6 is 0 Å². The minimum atomic E-state index is -3.73. The van der Waals surface area contributed by atoms with Crippen molar-refractivity contribution in [3.05, 3.63) is 65.2 Å². The molecule has 0 fully saturated rings. The quantitative estimate of drug-likeness (QED) is 0.943. The van der Waals surface area contributed by atoms with E-state index in [-0.39, 0.29) is 17.3 Å². The number of benzene rings is 2. The summed E-state index contributed by atoms with van der Waals surface area (Å²) in [5, 5.41) is 0. The van der Waals surface area contributed by atoms with Gasteiger partial charge in [0.15, 0.2) is 0 Å². The molecule has 0 aromatic heterocycles. The third-order valence-electron chi connectivity index (χ3n) is 2.81. The Morgan fingerprint density at radius 3 is 2.20 bits per heavy atom. The molecule has 0 aliphatic carbocycles. The Kier molecular flexibility index (Phi) is 4.15. The normalized spacial score (nSPS) is 11.6. The van der Waals surface area contributed by atoms with Crippen molar-refractivity contribution in [1.82, 2.24) is 4.72 Å². The molecule has 6 heteroatoms. The number of hydrogen-bond acceptors (Lipinski definition) is 2. The number of halogens is 2. The molecule has 0 aliphatic heterocycles. The minimum absolute atomic E-state index is 0.0287. The van der Waals surface area contributed by atoms with Gasteiger partial charge in [0.2, 0.25) is 10.0 Å². The molecule has 0 spiro atoms. The molecule has 2 aromatic carbocycles. The average Bonchev–Trinajstić information content (AvgIpc) is 2.37. The van der Waals surface area contributed by atoms with Crippen LogP contribution in [-0.2, 0) is 16.6 Å². The molecule has 0 radical (unpaired) electrons. The summed E-state index contributed by atoms with van der Waals surface area (Å²) < 4.78 is 52.3. The van der Waals surface area contributed by atoms with Gasteiger partial charge in [-0.3, -0.25) is 0 Å². The molecule has 2 aromatic rings. The van der Waals surface area contributed by atoms with Crippen molar-refractivity contribution in [3.8, 4) is 0 Å². The van der Waals surface area contributed by atoms with E-state index in [4.69, 9.17) is 0 Å². The maximum absolute atomic E-state index is 13.0. The minimum Gasteiger partial charge on any atom is -0.207 e. The predicted molar refractivity (Wildman–Crippen MR) is 71.6 cm³/mol. The van der Waals surface area contributed by atoms with Gasteiger partial charge in [-0.2, -0.15) is 0 Å². The van der Waals surface area contributed by atoms with Gasteiger partial charge in [0.25, 0.3) is 0 Å². The summed E-state index contributed by atoms with van der Waals surface area (Å²) in [6, 6.07) is 8.98. The fourth-order valence-corrected chi connectivity index (χ4v) is 3.01.